The lowest BCUT2D eigenvalue weighted by molar-refractivity contribution is 1.33. The number of nitrogens with zero attached hydrogens (tertiary/aromatic N) is 1. The van der Waals surface area contributed by atoms with Gasteiger partial charge in [0.1, 0.15) is 5.69 Å². The first-order chi connectivity index (χ1) is 8.65. The third-order valence-electron chi connectivity index (χ3n) is 2.16. The number of hydrogen-bond donors (Lipinski definition) is 0. The third kappa shape index (κ3) is 5.03. The molecule has 0 aliphatic heterocycles. The summed E-state index contributed by atoms with van der Waals surface area (Å²) in [5.74, 6) is 1.81. The average Bonchev–Trinajstić information content (AvgIpc) is 2.38. The normalized spacial score (nSPS) is 16.1. The first kappa shape index (κ1) is 16.2. The van der Waals surface area contributed by atoms with Gasteiger partial charge in [-0.3, -0.25) is 0 Å². The van der Waals surface area contributed by atoms with Crippen molar-refractivity contribution in [1.82, 2.24) is 0 Å². The maximum Gasteiger partial charge on any atom is 0.177 e. The Morgan fingerprint density at radius 3 is 2.44 bits per heavy atom. The van der Waals surface area contributed by atoms with Crippen molar-refractivity contribution >= 4 is 71.8 Å². The summed E-state index contributed by atoms with van der Waals surface area (Å²) >= 11 is 13.3. The van der Waals surface area contributed by atoms with E-state index in [0.29, 0.717) is 0 Å². The van der Waals surface area contributed by atoms with E-state index in [0.717, 1.165) is 31.7 Å². The molecule has 18 heavy (non-hydrogen) atoms. The fourth-order valence-corrected chi connectivity index (χ4v) is 2.52. The van der Waals surface area contributed by atoms with Crippen LogP contribution in [0.25, 0.3) is 0 Å². The Kier molecular flexibility index (Phi) is 7.53. The van der Waals surface area contributed by atoms with Gasteiger partial charge in [0.25, 0.3) is 0 Å². The van der Waals surface area contributed by atoms with Crippen LogP contribution < -0.4 is 0 Å². The molecule has 1 aliphatic carbocycles. The molecule has 0 radical (unpaired) electrons. The molecule has 0 atom stereocenters. The minimum atomic E-state index is 0.860. The van der Waals surface area contributed by atoms with Gasteiger partial charge in [-0.15, -0.1) is 0 Å². The summed E-state index contributed by atoms with van der Waals surface area (Å²) in [7, 11) is 0. The Morgan fingerprint density at radius 1 is 1.17 bits per heavy atom. The minimum Gasteiger partial charge on any atom is -0.248 e. The molecule has 5 heteroatoms. The summed E-state index contributed by atoms with van der Waals surface area (Å²) in [4.78, 5) is 5.58. The van der Waals surface area contributed by atoms with Crippen molar-refractivity contribution in [2.75, 3.05) is 5.83 Å². The topological polar surface area (TPSA) is 12.4 Å². The molecule has 0 saturated heterocycles. The molecule has 0 unspecified atom stereocenters. The Bertz CT molecular complexity index is 507. The molecular weight excluding hydrogens is 442 g/mol. The van der Waals surface area contributed by atoms with E-state index < -0.39 is 0 Å². The van der Waals surface area contributed by atoms with Gasteiger partial charge < -0.3 is 0 Å². The quantitative estimate of drug-likeness (QED) is 0.411. The SMILES string of the molecule is CBr.[SH2+]c1cc(Br)ccc1N=C1C=CC(Br)=CC1. The summed E-state index contributed by atoms with van der Waals surface area (Å²) in [6.07, 6.45) is 7.00. The molecule has 0 fully saturated rings. The first-order valence-electron chi connectivity index (χ1n) is 5.15. The molecule has 0 amide bonds. The summed E-state index contributed by atoms with van der Waals surface area (Å²) in [5, 5.41) is 0. The van der Waals surface area contributed by atoms with Crippen LogP contribution in [-0.4, -0.2) is 11.5 Å². The lowest BCUT2D eigenvalue weighted by atomic mass is 10.1. The highest BCUT2D eigenvalue weighted by molar-refractivity contribution is 9.12. The highest BCUT2D eigenvalue weighted by Gasteiger charge is 2.05. The van der Waals surface area contributed by atoms with Crippen LogP contribution in [0, 0.1) is 0 Å². The molecule has 96 valence electrons. The number of halogens is 3. The lowest BCUT2D eigenvalue weighted by Gasteiger charge is -2.04. The predicted molar refractivity (Wildman–Crippen MR) is 95.3 cm³/mol. The molecule has 0 N–H and O–H groups in total. The molecule has 0 aromatic heterocycles. The van der Waals surface area contributed by atoms with Crippen molar-refractivity contribution in [3.05, 3.63) is 45.4 Å². The highest BCUT2D eigenvalue weighted by atomic mass is 79.9. The van der Waals surface area contributed by atoms with E-state index in [9.17, 15) is 0 Å². The van der Waals surface area contributed by atoms with Gasteiger partial charge in [0.15, 0.2) is 4.90 Å². The van der Waals surface area contributed by atoms with E-state index in [4.69, 9.17) is 0 Å². The average molecular weight is 455 g/mol. The molecule has 0 saturated carbocycles. The minimum absolute atomic E-state index is 0.860. The molecule has 2 rings (SSSR count). The predicted octanol–water partition coefficient (Wildman–Crippen LogP) is 5.14. The van der Waals surface area contributed by atoms with Gasteiger partial charge >= 0.3 is 0 Å². The molecule has 1 aliphatic rings. The number of benzene rings is 1. The van der Waals surface area contributed by atoms with Crippen molar-refractivity contribution in [3.63, 3.8) is 0 Å². The molecule has 0 heterocycles. The van der Waals surface area contributed by atoms with Gasteiger partial charge in [-0.2, -0.15) is 0 Å². The van der Waals surface area contributed by atoms with Crippen LogP contribution in [0.5, 0.6) is 0 Å². The van der Waals surface area contributed by atoms with Gasteiger partial charge in [-0.25, -0.2) is 4.99 Å². The van der Waals surface area contributed by atoms with Crippen LogP contribution in [-0.2, 0) is 12.6 Å². The second-order valence-corrected chi connectivity index (χ2v) is 5.76. The lowest BCUT2D eigenvalue weighted by Crippen LogP contribution is -1.95. The Labute approximate surface area is 138 Å². The van der Waals surface area contributed by atoms with E-state index in [1.54, 1.807) is 0 Å². The van der Waals surface area contributed by atoms with E-state index in [-0.39, 0.29) is 0 Å². The summed E-state index contributed by atoms with van der Waals surface area (Å²) < 4.78 is 2.16. The number of allylic oxidation sites excluding steroid dienone is 4. The summed E-state index contributed by atoms with van der Waals surface area (Å²) in [5.41, 5.74) is 2.01. The molecule has 1 nitrogen and oxygen atoms in total. The maximum absolute atomic E-state index is 4.59. The smallest absolute Gasteiger partial charge is 0.177 e. The van der Waals surface area contributed by atoms with E-state index >= 15 is 0 Å². The molecule has 0 spiro atoms. The van der Waals surface area contributed by atoms with Crippen LogP contribution >= 0.6 is 47.8 Å². The van der Waals surface area contributed by atoms with Crippen LogP contribution in [0.4, 0.5) is 5.69 Å². The number of alkyl halides is 1. The fourth-order valence-electron chi connectivity index (χ4n) is 1.36. The van der Waals surface area contributed by atoms with Crippen LogP contribution in [0.3, 0.4) is 0 Å². The molecular formula is C13H13Br3NS+. The van der Waals surface area contributed by atoms with Crippen LogP contribution in [0.15, 0.2) is 55.3 Å². The summed E-state index contributed by atoms with van der Waals surface area (Å²) in [6, 6.07) is 5.97. The first-order valence-corrected chi connectivity index (χ1v) is 8.82. The van der Waals surface area contributed by atoms with Gasteiger partial charge in [0.2, 0.25) is 0 Å². The van der Waals surface area contributed by atoms with Crippen molar-refractivity contribution < 1.29 is 0 Å². The fraction of sp³-hybridized carbons (Fsp3) is 0.154. The van der Waals surface area contributed by atoms with Gasteiger partial charge in [-0.05, 0) is 42.7 Å². The van der Waals surface area contributed by atoms with Crippen molar-refractivity contribution in [1.29, 1.82) is 0 Å². The third-order valence-corrected chi connectivity index (χ3v) is 3.65. The number of aliphatic imine (C=N–C) groups is 1. The Hall–Kier alpha value is 0.160. The van der Waals surface area contributed by atoms with E-state index in [1.165, 1.54) is 0 Å². The highest BCUT2D eigenvalue weighted by Crippen LogP contribution is 2.25. The van der Waals surface area contributed by atoms with Crippen LogP contribution in [0.2, 0.25) is 0 Å². The van der Waals surface area contributed by atoms with E-state index in [1.807, 2.05) is 36.2 Å². The van der Waals surface area contributed by atoms with Crippen LogP contribution in [0.1, 0.15) is 6.42 Å². The standard InChI is InChI=1S/C12H9Br2NS.CH3Br/c13-8-1-4-10(5-2-8)15-11-6-3-9(14)7-12(11)16;1-2/h1-4,6-7,16H,5H2;1H3/p+1. The monoisotopic (exact) mass is 452 g/mol. The maximum atomic E-state index is 4.59. The number of hydrogen-bond acceptors (Lipinski definition) is 1. The van der Waals surface area contributed by atoms with Gasteiger partial charge in [-0.1, -0.05) is 53.9 Å². The molecule has 0 bridgehead atoms. The van der Waals surface area contributed by atoms with Crippen molar-refractivity contribution in [2.24, 2.45) is 4.99 Å². The zero-order valence-electron chi connectivity index (χ0n) is 9.75. The van der Waals surface area contributed by atoms with Gasteiger partial charge in [0.05, 0.1) is 0 Å². The molecule has 1 aromatic carbocycles. The second-order valence-electron chi connectivity index (χ2n) is 3.39. The van der Waals surface area contributed by atoms with Crippen molar-refractivity contribution in [3.8, 4) is 0 Å². The number of rotatable bonds is 1. The zero-order chi connectivity index (χ0) is 13.5. The zero-order valence-corrected chi connectivity index (χ0v) is 15.5. The van der Waals surface area contributed by atoms with Crippen molar-refractivity contribution in [2.45, 2.75) is 11.3 Å². The summed E-state index contributed by atoms with van der Waals surface area (Å²) in [6.45, 7) is 0. The molecule has 1 aromatic rings. The van der Waals surface area contributed by atoms with Gasteiger partial charge in [0, 0.05) is 27.2 Å². The van der Waals surface area contributed by atoms with E-state index in [2.05, 4.69) is 71.5 Å². The largest absolute Gasteiger partial charge is 0.248 e. The Balaban J connectivity index is 0.000000771. The Morgan fingerprint density at radius 2 is 1.89 bits per heavy atom. The second kappa shape index (κ2) is 8.35.